The maximum Gasteiger partial charge on any atom is 0.206 e. The van der Waals surface area contributed by atoms with E-state index in [1.54, 1.807) is 7.05 Å². The van der Waals surface area contributed by atoms with Crippen LogP contribution in [0.25, 0.3) is 0 Å². The number of nitrogens with one attached hydrogen (secondary N) is 2. The summed E-state index contributed by atoms with van der Waals surface area (Å²) in [5.74, 6) is 0.268. The van der Waals surface area contributed by atoms with Gasteiger partial charge in [0.15, 0.2) is 5.78 Å². The highest BCUT2D eigenvalue weighted by Gasteiger charge is 2.12. The normalized spacial score (nSPS) is 15.5. The Morgan fingerprint density at radius 3 is 2.27 bits per heavy atom. The summed E-state index contributed by atoms with van der Waals surface area (Å²) in [6, 6.07) is 0. The van der Waals surface area contributed by atoms with Gasteiger partial charge in [-0.25, -0.2) is 5.53 Å². The van der Waals surface area contributed by atoms with E-state index in [9.17, 15) is 4.79 Å². The summed E-state index contributed by atoms with van der Waals surface area (Å²) in [4.78, 5) is 10.5. The Morgan fingerprint density at radius 2 is 2.09 bits per heavy atom. The molecule has 0 amide bonds. The number of rotatable bonds is 1. The van der Waals surface area contributed by atoms with E-state index in [1.807, 2.05) is 13.8 Å². The quantitative estimate of drug-likeness (QED) is 0.558. The molecule has 0 radical (unpaired) electrons. The lowest BCUT2D eigenvalue weighted by Crippen LogP contribution is -2.39. The lowest BCUT2D eigenvalue weighted by molar-refractivity contribution is -0.111. The Morgan fingerprint density at radius 1 is 1.55 bits per heavy atom. The zero-order chi connectivity index (χ0) is 8.85. The maximum atomic E-state index is 10.5. The average molecular weight is 158 g/mol. The van der Waals surface area contributed by atoms with Crippen LogP contribution < -0.4 is 11.0 Å². The molecule has 1 rings (SSSR count). The van der Waals surface area contributed by atoms with Gasteiger partial charge in [0.2, 0.25) is 5.84 Å². The number of carbonyl (C=O) groups excluding carboxylic acids is 1. The Hall–Kier alpha value is -1.10. The van der Waals surface area contributed by atoms with Crippen LogP contribution in [0, 0.1) is 0 Å². The predicted octanol–water partition coefficient (Wildman–Crippen LogP) is -0.130. The minimum absolute atomic E-state index is 0.0770. The first-order valence-electron chi connectivity index (χ1n) is 3.55. The number of Topliss-reactive ketones (excluding diaryl/α,β-unsaturated/α-hetero) is 1. The van der Waals surface area contributed by atoms with Crippen molar-refractivity contribution in [3.05, 3.63) is 0 Å². The highest BCUT2D eigenvalue weighted by atomic mass is 16.1. The number of carbonyl (C=O) groups is 1. The molecule has 1 heterocycles. The number of hydrogen-bond donors (Lipinski definition) is 2. The molecule has 0 aromatic carbocycles. The SMILES string of the molecule is CC.CC(=O)C1=NNN(C)N1. The zero-order valence-corrected chi connectivity index (χ0v) is 7.30. The van der Waals surface area contributed by atoms with Gasteiger partial charge >= 0.3 is 0 Å². The number of nitrogens with zero attached hydrogens (tertiary/aromatic N) is 2. The van der Waals surface area contributed by atoms with Crippen LogP contribution in [0.4, 0.5) is 0 Å². The van der Waals surface area contributed by atoms with Gasteiger partial charge in [-0.05, 0) is 0 Å². The van der Waals surface area contributed by atoms with E-state index in [1.165, 1.54) is 12.0 Å². The van der Waals surface area contributed by atoms with Crippen molar-refractivity contribution >= 4 is 11.6 Å². The van der Waals surface area contributed by atoms with Gasteiger partial charge < -0.3 is 0 Å². The zero-order valence-electron chi connectivity index (χ0n) is 7.30. The molecule has 5 nitrogen and oxygen atoms in total. The van der Waals surface area contributed by atoms with Crippen LogP contribution in [-0.4, -0.2) is 23.8 Å². The van der Waals surface area contributed by atoms with Crippen LogP contribution in [0.15, 0.2) is 5.10 Å². The van der Waals surface area contributed by atoms with Crippen molar-refractivity contribution in [1.29, 1.82) is 0 Å². The van der Waals surface area contributed by atoms with Gasteiger partial charge in [-0.2, -0.15) is 0 Å². The fourth-order valence-electron chi connectivity index (χ4n) is 0.491. The first-order valence-corrected chi connectivity index (χ1v) is 3.55. The number of ketones is 1. The average Bonchev–Trinajstić information content (AvgIpc) is 2.40. The van der Waals surface area contributed by atoms with Crippen molar-refractivity contribution in [2.24, 2.45) is 5.10 Å². The molecule has 0 aliphatic carbocycles. The minimum atomic E-state index is -0.0770. The van der Waals surface area contributed by atoms with Crippen molar-refractivity contribution in [3.8, 4) is 0 Å². The molecule has 0 saturated carbocycles. The number of hydrogen-bond acceptors (Lipinski definition) is 5. The van der Waals surface area contributed by atoms with E-state index >= 15 is 0 Å². The Kier molecular flexibility index (Phi) is 4.21. The van der Waals surface area contributed by atoms with Crippen LogP contribution >= 0.6 is 0 Å². The van der Waals surface area contributed by atoms with Gasteiger partial charge in [0.25, 0.3) is 0 Å². The Balaban J connectivity index is 0.000000461. The van der Waals surface area contributed by atoms with Crippen molar-refractivity contribution in [2.75, 3.05) is 7.05 Å². The number of hydrazone groups is 1. The molecule has 64 valence electrons. The summed E-state index contributed by atoms with van der Waals surface area (Å²) < 4.78 is 0. The lowest BCUT2D eigenvalue weighted by Gasteiger charge is -2.05. The van der Waals surface area contributed by atoms with Gasteiger partial charge in [-0.1, -0.05) is 13.8 Å². The third-order valence-electron chi connectivity index (χ3n) is 0.919. The predicted molar refractivity (Wildman–Crippen MR) is 43.5 cm³/mol. The van der Waals surface area contributed by atoms with E-state index in [-0.39, 0.29) is 5.78 Å². The topological polar surface area (TPSA) is 56.7 Å². The highest BCUT2D eigenvalue weighted by molar-refractivity contribution is 6.37. The first kappa shape index (κ1) is 9.90. The third kappa shape index (κ3) is 2.99. The molecule has 1 aliphatic heterocycles. The van der Waals surface area contributed by atoms with Crippen LogP contribution in [0.1, 0.15) is 20.8 Å². The summed E-state index contributed by atoms with van der Waals surface area (Å²) in [6.45, 7) is 5.45. The molecule has 0 spiro atoms. The van der Waals surface area contributed by atoms with Gasteiger partial charge in [-0.15, -0.1) is 10.2 Å². The van der Waals surface area contributed by atoms with E-state index < -0.39 is 0 Å². The Bertz CT molecular complexity index is 166. The van der Waals surface area contributed by atoms with Crippen molar-refractivity contribution in [3.63, 3.8) is 0 Å². The van der Waals surface area contributed by atoms with Gasteiger partial charge in [-0.3, -0.25) is 10.2 Å². The van der Waals surface area contributed by atoms with Gasteiger partial charge in [0.1, 0.15) is 0 Å². The molecule has 0 aromatic rings. The molecule has 0 saturated heterocycles. The smallest absolute Gasteiger partial charge is 0.206 e. The molecule has 5 heteroatoms. The van der Waals surface area contributed by atoms with Crippen molar-refractivity contribution in [2.45, 2.75) is 20.8 Å². The van der Waals surface area contributed by atoms with E-state index in [2.05, 4.69) is 16.1 Å². The Labute approximate surface area is 66.4 Å². The molecular formula is C6H14N4O. The van der Waals surface area contributed by atoms with Crippen LogP contribution in [0.5, 0.6) is 0 Å². The van der Waals surface area contributed by atoms with E-state index in [0.717, 1.165) is 0 Å². The summed E-state index contributed by atoms with van der Waals surface area (Å²) in [7, 11) is 1.72. The molecule has 0 bridgehead atoms. The van der Waals surface area contributed by atoms with Crippen LogP contribution in [0.2, 0.25) is 0 Å². The molecule has 2 N–H and O–H groups in total. The summed E-state index contributed by atoms with van der Waals surface area (Å²) in [5.41, 5.74) is 5.22. The maximum absolute atomic E-state index is 10.5. The molecular weight excluding hydrogens is 144 g/mol. The van der Waals surface area contributed by atoms with Crippen LogP contribution in [0.3, 0.4) is 0 Å². The molecule has 0 unspecified atom stereocenters. The largest absolute Gasteiger partial charge is 0.291 e. The third-order valence-corrected chi connectivity index (χ3v) is 0.919. The van der Waals surface area contributed by atoms with E-state index in [0.29, 0.717) is 5.84 Å². The van der Waals surface area contributed by atoms with Gasteiger partial charge in [0.05, 0.1) is 0 Å². The van der Waals surface area contributed by atoms with Crippen LogP contribution in [-0.2, 0) is 4.79 Å². The van der Waals surface area contributed by atoms with Crippen molar-refractivity contribution < 1.29 is 4.79 Å². The lowest BCUT2D eigenvalue weighted by atomic mass is 10.4. The van der Waals surface area contributed by atoms with Crippen molar-refractivity contribution in [1.82, 2.24) is 16.1 Å². The number of hydrazine groups is 2. The molecule has 0 aromatic heterocycles. The molecule has 0 atom stereocenters. The number of amidine groups is 1. The van der Waals surface area contributed by atoms with E-state index in [4.69, 9.17) is 0 Å². The molecule has 11 heavy (non-hydrogen) atoms. The molecule has 1 aliphatic rings. The second-order valence-corrected chi connectivity index (χ2v) is 1.79. The first-order chi connectivity index (χ1) is 5.20. The summed E-state index contributed by atoms with van der Waals surface area (Å²) in [5, 5.41) is 5.14. The summed E-state index contributed by atoms with van der Waals surface area (Å²) in [6.07, 6.45) is 0. The molecule has 0 fully saturated rings. The minimum Gasteiger partial charge on any atom is -0.291 e. The standard InChI is InChI=1S/C4H8N4O.C2H6/c1-3(9)4-5-7-8(2)6-4;1-2/h7H,1-2H3,(H,5,6);1-2H3. The second kappa shape index (κ2) is 4.68. The fourth-order valence-corrected chi connectivity index (χ4v) is 0.491. The summed E-state index contributed by atoms with van der Waals surface area (Å²) >= 11 is 0. The fraction of sp³-hybridized carbons (Fsp3) is 0.667. The monoisotopic (exact) mass is 158 g/mol. The van der Waals surface area contributed by atoms with Gasteiger partial charge in [0, 0.05) is 14.0 Å². The highest BCUT2D eigenvalue weighted by Crippen LogP contribution is 1.83. The second-order valence-electron chi connectivity index (χ2n) is 1.79.